The highest BCUT2D eigenvalue weighted by atomic mass is 32.2. The van der Waals surface area contributed by atoms with Crippen molar-refractivity contribution in [1.82, 2.24) is 9.88 Å². The third-order valence-corrected chi connectivity index (χ3v) is 6.51. The van der Waals surface area contributed by atoms with Crippen LogP contribution < -0.4 is 5.32 Å². The van der Waals surface area contributed by atoms with E-state index in [1.165, 1.54) is 18.4 Å². The van der Waals surface area contributed by atoms with Gasteiger partial charge in [-0.25, -0.2) is 17.6 Å². The predicted octanol–water partition coefficient (Wildman–Crippen LogP) is 5.24. The Hall–Kier alpha value is -3.17. The van der Waals surface area contributed by atoms with E-state index >= 15 is 0 Å². The standard InChI is InChI=1S/C27H32FN2O5S/c1-18-21(15-16-34-19(2)29-26(31)35-27(3,4)5)17-25(30(18)23-11-9-22(28)10-12-23)20-7-13-24(14-8-20)36(6,32)33/h7-14,17,19H,2,15-16H2,1,3-6H3,(H,29,31)/t19-/m1/s1. The number of ether oxygens (including phenoxy) is 2. The molecule has 3 aromatic rings. The molecule has 0 saturated carbocycles. The van der Waals surface area contributed by atoms with E-state index in [9.17, 15) is 17.6 Å². The third kappa shape index (κ3) is 7.18. The Labute approximate surface area is 212 Å². The summed E-state index contributed by atoms with van der Waals surface area (Å²) in [4.78, 5) is 12.1. The van der Waals surface area contributed by atoms with Crippen LogP contribution in [0.1, 0.15) is 32.0 Å². The molecule has 0 aliphatic rings. The molecule has 0 aliphatic heterocycles. The van der Waals surface area contributed by atoms with Crippen molar-refractivity contribution < 1.29 is 27.1 Å². The number of nitrogens with one attached hydrogen (secondary N) is 1. The molecule has 9 heteroatoms. The number of benzene rings is 2. The molecule has 1 N–H and O–H groups in total. The van der Waals surface area contributed by atoms with Gasteiger partial charge in [0, 0.05) is 17.6 Å². The summed E-state index contributed by atoms with van der Waals surface area (Å²) in [5, 5.41) is 2.54. The maximum absolute atomic E-state index is 13.6. The topological polar surface area (TPSA) is 86.6 Å². The lowest BCUT2D eigenvalue weighted by molar-refractivity contribution is 0.0226. The van der Waals surface area contributed by atoms with Crippen LogP contribution in [0.25, 0.3) is 16.9 Å². The first kappa shape index (κ1) is 27.4. The average molecular weight is 516 g/mol. The number of halogens is 1. The van der Waals surface area contributed by atoms with Crippen LogP contribution in [0.5, 0.6) is 0 Å². The molecule has 0 unspecified atom stereocenters. The molecule has 1 radical (unpaired) electrons. The van der Waals surface area contributed by atoms with E-state index in [2.05, 4.69) is 12.2 Å². The molecule has 1 amide bonds. The van der Waals surface area contributed by atoms with Crippen molar-refractivity contribution >= 4 is 15.9 Å². The van der Waals surface area contributed by atoms with Crippen molar-refractivity contribution in [3.8, 4) is 16.9 Å². The molecule has 0 fully saturated rings. The lowest BCUT2D eigenvalue weighted by atomic mass is 10.1. The number of sulfone groups is 1. The molecule has 2 aromatic carbocycles. The fourth-order valence-corrected chi connectivity index (χ4v) is 4.34. The van der Waals surface area contributed by atoms with Gasteiger partial charge in [-0.15, -0.1) is 0 Å². The fraction of sp³-hybridized carbons (Fsp3) is 0.333. The van der Waals surface area contributed by atoms with E-state index in [1.54, 1.807) is 57.2 Å². The van der Waals surface area contributed by atoms with Gasteiger partial charge >= 0.3 is 6.09 Å². The number of rotatable bonds is 8. The van der Waals surface area contributed by atoms with Gasteiger partial charge in [0.15, 0.2) is 9.84 Å². The SMILES string of the molecule is [CH2][C@H](NC(=O)OC(C)(C)C)OCCc1cc(-c2ccc(S(C)(=O)=O)cc2)n(-c2ccc(F)cc2)c1C. The Morgan fingerprint density at radius 3 is 2.28 bits per heavy atom. The zero-order valence-corrected chi connectivity index (χ0v) is 22.0. The summed E-state index contributed by atoms with van der Waals surface area (Å²) in [6.45, 7) is 11.3. The zero-order chi connectivity index (χ0) is 26.7. The molecule has 0 spiro atoms. The number of alkyl carbamates (subject to hydrolysis) is 1. The molecule has 0 saturated heterocycles. The largest absolute Gasteiger partial charge is 0.444 e. The molecule has 36 heavy (non-hydrogen) atoms. The Morgan fingerprint density at radius 1 is 1.11 bits per heavy atom. The van der Waals surface area contributed by atoms with Gasteiger partial charge in [-0.3, -0.25) is 5.32 Å². The summed E-state index contributed by atoms with van der Waals surface area (Å²) in [7, 11) is -3.32. The summed E-state index contributed by atoms with van der Waals surface area (Å²) in [6.07, 6.45) is 0.290. The second-order valence-corrected chi connectivity index (χ2v) is 11.5. The molecule has 0 bridgehead atoms. The van der Waals surface area contributed by atoms with Gasteiger partial charge in [-0.1, -0.05) is 12.1 Å². The minimum Gasteiger partial charge on any atom is -0.444 e. The predicted molar refractivity (Wildman–Crippen MR) is 137 cm³/mol. The monoisotopic (exact) mass is 515 g/mol. The second kappa shape index (κ2) is 10.8. The van der Waals surface area contributed by atoms with Crippen LogP contribution in [0.2, 0.25) is 0 Å². The Bertz CT molecular complexity index is 1310. The first-order chi connectivity index (χ1) is 16.7. The highest BCUT2D eigenvalue weighted by Crippen LogP contribution is 2.31. The van der Waals surface area contributed by atoms with Crippen LogP contribution in [-0.2, 0) is 25.7 Å². The number of nitrogens with zero attached hydrogens (tertiary/aromatic N) is 1. The van der Waals surface area contributed by atoms with Gasteiger partial charge in [0.2, 0.25) is 0 Å². The lowest BCUT2D eigenvalue weighted by Crippen LogP contribution is -2.39. The Kier molecular flexibility index (Phi) is 8.26. The number of hydrogen-bond donors (Lipinski definition) is 1. The van der Waals surface area contributed by atoms with Crippen LogP contribution in [0.3, 0.4) is 0 Å². The van der Waals surface area contributed by atoms with Gasteiger partial charge in [-0.05, 0) is 94.6 Å². The van der Waals surface area contributed by atoms with Crippen molar-refractivity contribution in [3.63, 3.8) is 0 Å². The molecule has 7 nitrogen and oxygen atoms in total. The van der Waals surface area contributed by atoms with Crippen molar-refractivity contribution in [2.45, 2.75) is 50.8 Å². The second-order valence-electron chi connectivity index (χ2n) is 9.50. The van der Waals surface area contributed by atoms with Crippen LogP contribution in [0.4, 0.5) is 9.18 Å². The van der Waals surface area contributed by atoms with Crippen LogP contribution in [-0.4, -0.2) is 43.8 Å². The molecule has 1 heterocycles. The van der Waals surface area contributed by atoms with Crippen LogP contribution in [0.15, 0.2) is 59.5 Å². The third-order valence-electron chi connectivity index (χ3n) is 5.38. The minimum atomic E-state index is -3.32. The number of hydrogen-bond acceptors (Lipinski definition) is 5. The van der Waals surface area contributed by atoms with Gasteiger partial charge < -0.3 is 14.0 Å². The number of carbonyl (C=O) groups is 1. The summed E-state index contributed by atoms with van der Waals surface area (Å²) in [5.41, 5.74) is 3.68. The molecular weight excluding hydrogens is 483 g/mol. The Morgan fingerprint density at radius 2 is 1.72 bits per heavy atom. The van der Waals surface area contributed by atoms with E-state index in [4.69, 9.17) is 9.47 Å². The smallest absolute Gasteiger partial charge is 0.409 e. The van der Waals surface area contributed by atoms with E-state index in [0.717, 1.165) is 28.2 Å². The van der Waals surface area contributed by atoms with Crippen molar-refractivity contribution in [3.05, 3.63) is 78.6 Å². The molecular formula is C27H32FN2O5S. The molecule has 0 aliphatic carbocycles. The summed E-state index contributed by atoms with van der Waals surface area (Å²) in [6, 6.07) is 14.8. The van der Waals surface area contributed by atoms with Gasteiger partial charge in [-0.2, -0.15) is 0 Å². The summed E-state index contributed by atoms with van der Waals surface area (Å²) >= 11 is 0. The summed E-state index contributed by atoms with van der Waals surface area (Å²) in [5.74, 6) is -0.338. The van der Waals surface area contributed by atoms with E-state index < -0.39 is 27.8 Å². The van der Waals surface area contributed by atoms with Crippen molar-refractivity contribution in [2.24, 2.45) is 0 Å². The van der Waals surface area contributed by atoms with Crippen LogP contribution >= 0.6 is 0 Å². The van der Waals surface area contributed by atoms with Gasteiger partial charge in [0.1, 0.15) is 17.6 Å². The van der Waals surface area contributed by atoms with Crippen LogP contribution in [0, 0.1) is 19.7 Å². The number of amides is 1. The van der Waals surface area contributed by atoms with E-state index in [1.807, 2.05) is 17.6 Å². The first-order valence-corrected chi connectivity index (χ1v) is 13.4. The molecule has 1 atom stereocenters. The zero-order valence-electron chi connectivity index (χ0n) is 21.2. The van der Waals surface area contributed by atoms with Crippen molar-refractivity contribution in [1.29, 1.82) is 0 Å². The maximum atomic E-state index is 13.6. The average Bonchev–Trinajstić information content (AvgIpc) is 3.08. The maximum Gasteiger partial charge on any atom is 0.409 e. The number of aromatic nitrogens is 1. The highest BCUT2D eigenvalue weighted by molar-refractivity contribution is 7.90. The fourth-order valence-electron chi connectivity index (χ4n) is 3.71. The van der Waals surface area contributed by atoms with Gasteiger partial charge in [0.05, 0.1) is 17.2 Å². The molecule has 3 rings (SSSR count). The summed E-state index contributed by atoms with van der Waals surface area (Å²) < 4.78 is 50.2. The quantitative estimate of drug-likeness (QED) is 0.415. The lowest BCUT2D eigenvalue weighted by Gasteiger charge is -2.22. The van der Waals surface area contributed by atoms with E-state index in [0.29, 0.717) is 6.42 Å². The highest BCUT2D eigenvalue weighted by Gasteiger charge is 2.19. The van der Waals surface area contributed by atoms with E-state index in [-0.39, 0.29) is 17.3 Å². The van der Waals surface area contributed by atoms with Gasteiger partial charge in [0.25, 0.3) is 0 Å². The minimum absolute atomic E-state index is 0.232. The first-order valence-electron chi connectivity index (χ1n) is 11.5. The number of carbonyl (C=O) groups excluding carboxylic acids is 1. The Balaban J connectivity index is 1.83. The molecule has 1 aromatic heterocycles. The van der Waals surface area contributed by atoms with Crippen molar-refractivity contribution in [2.75, 3.05) is 12.9 Å². The normalized spacial score (nSPS) is 12.9. The molecule has 193 valence electrons.